The van der Waals surface area contributed by atoms with E-state index in [1.54, 1.807) is 0 Å². The Bertz CT molecular complexity index is 995. The van der Waals surface area contributed by atoms with Gasteiger partial charge < -0.3 is 5.32 Å². The third-order valence-corrected chi connectivity index (χ3v) is 5.50. The summed E-state index contributed by atoms with van der Waals surface area (Å²) in [7, 11) is 4.19. The van der Waals surface area contributed by atoms with Gasteiger partial charge in [-0.1, -0.05) is 0 Å². The zero-order valence-corrected chi connectivity index (χ0v) is 17.8. The van der Waals surface area contributed by atoms with Crippen LogP contribution in [0.5, 0.6) is 0 Å². The van der Waals surface area contributed by atoms with Crippen LogP contribution in [0.1, 0.15) is 41.5 Å². The van der Waals surface area contributed by atoms with Crippen molar-refractivity contribution in [3.8, 4) is 0 Å². The Kier molecular flexibility index (Phi) is 5.58. The maximum absolute atomic E-state index is 4.77. The fourth-order valence-electron chi connectivity index (χ4n) is 4.13. The van der Waals surface area contributed by atoms with Crippen LogP contribution in [0.15, 0.2) is 36.9 Å². The topological polar surface area (TPSA) is 62.8 Å². The molecule has 4 heterocycles. The Morgan fingerprint density at radius 3 is 2.83 bits per heavy atom. The SMILES string of the molecule is Cc1ccnc(Nc2cc(C3CCCN(Cc4c[n+](C)cn4C)C3)nc(C)n2)c1. The third-order valence-electron chi connectivity index (χ3n) is 5.50. The lowest BCUT2D eigenvalue weighted by atomic mass is 9.94. The number of hydrogen-bond acceptors (Lipinski definition) is 5. The van der Waals surface area contributed by atoms with Gasteiger partial charge in [-0.2, -0.15) is 0 Å². The number of hydrogen-bond donors (Lipinski definition) is 1. The highest BCUT2D eigenvalue weighted by Crippen LogP contribution is 2.28. The molecule has 0 radical (unpaired) electrons. The summed E-state index contributed by atoms with van der Waals surface area (Å²) in [4.78, 5) is 16.3. The molecule has 1 saturated heterocycles. The van der Waals surface area contributed by atoms with Crippen molar-refractivity contribution in [2.75, 3.05) is 18.4 Å². The summed E-state index contributed by atoms with van der Waals surface area (Å²) in [5.41, 5.74) is 3.63. The zero-order valence-electron chi connectivity index (χ0n) is 17.8. The van der Waals surface area contributed by atoms with Crippen LogP contribution in [0.25, 0.3) is 0 Å². The van der Waals surface area contributed by atoms with E-state index in [0.717, 1.165) is 49.2 Å². The quantitative estimate of drug-likeness (QED) is 0.677. The molecule has 0 aliphatic carbocycles. The largest absolute Gasteiger partial charge is 0.325 e. The number of aromatic nitrogens is 5. The van der Waals surface area contributed by atoms with Crippen molar-refractivity contribution in [3.63, 3.8) is 0 Å². The summed E-state index contributed by atoms with van der Waals surface area (Å²) in [5.74, 6) is 2.85. The van der Waals surface area contributed by atoms with Gasteiger partial charge in [-0.3, -0.25) is 4.90 Å². The molecular formula is C22H30N7+. The molecule has 1 fully saturated rings. The monoisotopic (exact) mass is 392 g/mol. The Labute approximate surface area is 172 Å². The van der Waals surface area contributed by atoms with E-state index in [9.17, 15) is 0 Å². The first kappa shape index (κ1) is 19.5. The number of pyridine rings is 1. The second-order valence-corrected chi connectivity index (χ2v) is 8.16. The van der Waals surface area contributed by atoms with Crippen LogP contribution in [0.4, 0.5) is 11.6 Å². The van der Waals surface area contributed by atoms with Gasteiger partial charge in [-0.15, -0.1) is 0 Å². The first-order valence-electron chi connectivity index (χ1n) is 10.2. The summed E-state index contributed by atoms with van der Waals surface area (Å²) in [5, 5.41) is 3.34. The van der Waals surface area contributed by atoms with Gasteiger partial charge in [0, 0.05) is 24.7 Å². The van der Waals surface area contributed by atoms with Crippen molar-refractivity contribution in [2.45, 2.75) is 39.2 Å². The van der Waals surface area contributed by atoms with E-state index in [0.29, 0.717) is 5.92 Å². The van der Waals surface area contributed by atoms with Crippen molar-refractivity contribution in [1.29, 1.82) is 0 Å². The number of imidazole rings is 1. The third kappa shape index (κ3) is 4.79. The van der Waals surface area contributed by atoms with Crippen molar-refractivity contribution in [1.82, 2.24) is 24.4 Å². The molecule has 152 valence electrons. The van der Waals surface area contributed by atoms with E-state index < -0.39 is 0 Å². The van der Waals surface area contributed by atoms with E-state index in [1.807, 2.05) is 25.3 Å². The Hall–Kier alpha value is -2.80. The van der Waals surface area contributed by atoms with Crippen molar-refractivity contribution >= 4 is 11.6 Å². The zero-order chi connectivity index (χ0) is 20.4. The molecule has 1 atom stereocenters. The molecule has 1 aliphatic heterocycles. The van der Waals surface area contributed by atoms with Gasteiger partial charge in [0.2, 0.25) is 6.33 Å². The minimum atomic E-state index is 0.422. The van der Waals surface area contributed by atoms with Crippen LogP contribution in [-0.4, -0.2) is 37.5 Å². The molecule has 4 rings (SSSR count). The predicted octanol–water partition coefficient (Wildman–Crippen LogP) is 2.77. The number of likely N-dealkylation sites (tertiary alicyclic amines) is 1. The molecule has 0 spiro atoms. The number of anilines is 2. The fraction of sp³-hybridized carbons (Fsp3) is 0.455. The molecule has 7 nitrogen and oxygen atoms in total. The van der Waals surface area contributed by atoms with E-state index in [2.05, 4.69) is 68.9 Å². The first-order valence-corrected chi connectivity index (χ1v) is 10.2. The van der Waals surface area contributed by atoms with Crippen molar-refractivity contribution in [3.05, 3.63) is 59.7 Å². The van der Waals surface area contributed by atoms with Gasteiger partial charge in [0.05, 0.1) is 26.3 Å². The highest BCUT2D eigenvalue weighted by atomic mass is 15.2. The number of piperidine rings is 1. The fourth-order valence-corrected chi connectivity index (χ4v) is 4.13. The lowest BCUT2D eigenvalue weighted by Crippen LogP contribution is -2.35. The van der Waals surface area contributed by atoms with Gasteiger partial charge in [-0.05, 0) is 50.9 Å². The molecule has 3 aromatic heterocycles. The van der Waals surface area contributed by atoms with Crippen LogP contribution < -0.4 is 9.88 Å². The molecular weight excluding hydrogens is 362 g/mol. The smallest absolute Gasteiger partial charge is 0.243 e. The van der Waals surface area contributed by atoms with Gasteiger partial charge in [0.25, 0.3) is 0 Å². The molecule has 0 amide bonds. The maximum Gasteiger partial charge on any atom is 0.243 e. The molecule has 1 unspecified atom stereocenters. The lowest BCUT2D eigenvalue weighted by Gasteiger charge is -2.31. The molecule has 0 saturated carbocycles. The summed E-state index contributed by atoms with van der Waals surface area (Å²) in [6.07, 6.45) is 8.48. The number of aryl methyl sites for hydroxylation is 4. The minimum Gasteiger partial charge on any atom is -0.325 e. The average molecular weight is 393 g/mol. The second-order valence-electron chi connectivity index (χ2n) is 8.16. The van der Waals surface area contributed by atoms with Crippen LogP contribution in [-0.2, 0) is 20.6 Å². The van der Waals surface area contributed by atoms with E-state index in [4.69, 9.17) is 4.98 Å². The highest BCUT2D eigenvalue weighted by molar-refractivity contribution is 5.52. The molecule has 7 heteroatoms. The van der Waals surface area contributed by atoms with Gasteiger partial charge in [0.1, 0.15) is 23.7 Å². The molecule has 1 N–H and O–H groups in total. The maximum atomic E-state index is 4.77. The van der Waals surface area contributed by atoms with Crippen LogP contribution >= 0.6 is 0 Å². The van der Waals surface area contributed by atoms with E-state index in [1.165, 1.54) is 17.7 Å². The number of rotatable bonds is 5. The predicted molar refractivity (Wildman–Crippen MR) is 113 cm³/mol. The Morgan fingerprint density at radius 2 is 2.07 bits per heavy atom. The van der Waals surface area contributed by atoms with Crippen LogP contribution in [0, 0.1) is 13.8 Å². The molecule has 29 heavy (non-hydrogen) atoms. The summed E-state index contributed by atoms with van der Waals surface area (Å²) >= 11 is 0. The van der Waals surface area contributed by atoms with Gasteiger partial charge in [0.15, 0.2) is 5.69 Å². The van der Waals surface area contributed by atoms with Gasteiger partial charge in [-0.25, -0.2) is 24.1 Å². The highest BCUT2D eigenvalue weighted by Gasteiger charge is 2.25. The van der Waals surface area contributed by atoms with Crippen molar-refractivity contribution in [2.24, 2.45) is 14.1 Å². The summed E-state index contributed by atoms with van der Waals surface area (Å²) in [6, 6.07) is 6.11. The lowest BCUT2D eigenvalue weighted by molar-refractivity contribution is -0.671. The molecule has 0 bridgehead atoms. The number of nitrogens with one attached hydrogen (secondary N) is 1. The summed E-state index contributed by atoms with van der Waals surface area (Å²) < 4.78 is 4.32. The second kappa shape index (κ2) is 8.29. The average Bonchev–Trinajstić information content (AvgIpc) is 2.98. The van der Waals surface area contributed by atoms with Crippen LogP contribution in [0.3, 0.4) is 0 Å². The van der Waals surface area contributed by atoms with E-state index in [-0.39, 0.29) is 0 Å². The Morgan fingerprint density at radius 1 is 1.21 bits per heavy atom. The van der Waals surface area contributed by atoms with Gasteiger partial charge >= 0.3 is 0 Å². The van der Waals surface area contributed by atoms with E-state index >= 15 is 0 Å². The van der Waals surface area contributed by atoms with Crippen LogP contribution in [0.2, 0.25) is 0 Å². The molecule has 0 aromatic carbocycles. The minimum absolute atomic E-state index is 0.422. The molecule has 3 aromatic rings. The summed E-state index contributed by atoms with van der Waals surface area (Å²) in [6.45, 7) is 7.15. The Balaban J connectivity index is 1.49. The van der Waals surface area contributed by atoms with Crippen molar-refractivity contribution < 1.29 is 4.57 Å². The number of nitrogens with zero attached hydrogens (tertiary/aromatic N) is 6. The first-order chi connectivity index (χ1) is 14.0. The normalized spacial score (nSPS) is 17.4. The standard InChI is InChI=1S/C22H30N7/c1-16-7-8-23-21(10-16)26-22-11-20(24-17(2)25-22)18-6-5-9-29(12-18)14-19-13-27(3)15-28(19)4/h7-8,10-11,13,15,18H,5-6,9,12,14H2,1-4H3,(H,23,24,25,26)/q+1. The molecule has 1 aliphatic rings.